The summed E-state index contributed by atoms with van der Waals surface area (Å²) in [6, 6.07) is 2.96. The van der Waals surface area contributed by atoms with Gasteiger partial charge in [0.2, 0.25) is 5.91 Å². The Morgan fingerprint density at radius 3 is 2.67 bits per heavy atom. The number of hydrogen-bond donors (Lipinski definition) is 2. The maximum Gasteiger partial charge on any atom is 0.326 e. The normalized spacial score (nSPS) is 13.0. The first-order valence-electron chi connectivity index (χ1n) is 7.35. The molecular weight excluding hydrogens is 340 g/mol. The van der Waals surface area contributed by atoms with Crippen LogP contribution in [0.3, 0.4) is 0 Å². The number of hydrogen-bond acceptors (Lipinski definition) is 5. The SMILES string of the molecule is CC[C@H](C)[C@H](NC(=O)CCOc1ccc(Cl)cc1[N+](=O)[O-])C(=O)O. The molecule has 9 heteroatoms. The molecule has 8 nitrogen and oxygen atoms in total. The number of carbonyl (C=O) groups excluding carboxylic acids is 1. The Morgan fingerprint density at radius 1 is 1.46 bits per heavy atom. The summed E-state index contributed by atoms with van der Waals surface area (Å²) in [5, 5.41) is 22.7. The maximum absolute atomic E-state index is 11.8. The Bertz CT molecular complexity index is 622. The van der Waals surface area contributed by atoms with E-state index in [0.29, 0.717) is 6.42 Å². The molecule has 1 rings (SSSR count). The molecule has 0 radical (unpaired) electrons. The second-order valence-electron chi connectivity index (χ2n) is 5.24. The van der Waals surface area contributed by atoms with E-state index in [-0.39, 0.29) is 35.4 Å². The average molecular weight is 359 g/mol. The zero-order valence-electron chi connectivity index (χ0n) is 13.3. The van der Waals surface area contributed by atoms with E-state index in [9.17, 15) is 19.7 Å². The van der Waals surface area contributed by atoms with Crippen molar-refractivity contribution in [2.24, 2.45) is 5.92 Å². The molecule has 0 aromatic heterocycles. The van der Waals surface area contributed by atoms with Crippen LogP contribution in [0, 0.1) is 16.0 Å². The Morgan fingerprint density at radius 2 is 2.12 bits per heavy atom. The summed E-state index contributed by atoms with van der Waals surface area (Å²) in [4.78, 5) is 33.3. The first kappa shape index (κ1) is 19.7. The summed E-state index contributed by atoms with van der Waals surface area (Å²) in [6.07, 6.45) is 0.477. The fraction of sp³-hybridized carbons (Fsp3) is 0.467. The van der Waals surface area contributed by atoms with Crippen molar-refractivity contribution >= 4 is 29.2 Å². The predicted octanol–water partition coefficient (Wildman–Crippen LogP) is 2.63. The summed E-state index contributed by atoms with van der Waals surface area (Å²) >= 11 is 5.70. The van der Waals surface area contributed by atoms with Crippen molar-refractivity contribution in [3.63, 3.8) is 0 Å². The molecule has 0 aliphatic carbocycles. The Balaban J connectivity index is 2.60. The zero-order chi connectivity index (χ0) is 18.3. The van der Waals surface area contributed by atoms with E-state index in [1.807, 2.05) is 6.92 Å². The average Bonchev–Trinajstić information content (AvgIpc) is 2.52. The van der Waals surface area contributed by atoms with Crippen LogP contribution in [-0.4, -0.2) is 34.6 Å². The molecular formula is C15H19ClN2O6. The van der Waals surface area contributed by atoms with Gasteiger partial charge in [0.15, 0.2) is 5.75 Å². The van der Waals surface area contributed by atoms with E-state index in [1.54, 1.807) is 6.92 Å². The molecule has 0 bridgehead atoms. The number of nitro benzene ring substituents is 1. The monoisotopic (exact) mass is 358 g/mol. The van der Waals surface area contributed by atoms with Crippen LogP contribution in [0.15, 0.2) is 18.2 Å². The van der Waals surface area contributed by atoms with Crippen molar-refractivity contribution in [2.75, 3.05) is 6.61 Å². The third-order valence-corrected chi connectivity index (χ3v) is 3.73. The number of carboxylic acid groups (broad SMARTS) is 1. The predicted molar refractivity (Wildman–Crippen MR) is 87.2 cm³/mol. The molecule has 2 N–H and O–H groups in total. The molecule has 1 aromatic rings. The van der Waals surface area contributed by atoms with Gasteiger partial charge in [-0.15, -0.1) is 0 Å². The summed E-state index contributed by atoms with van der Waals surface area (Å²) in [5.41, 5.74) is -0.300. The lowest BCUT2D eigenvalue weighted by Crippen LogP contribution is -2.45. The Labute approximate surface area is 143 Å². The molecule has 1 aromatic carbocycles. The largest absolute Gasteiger partial charge is 0.486 e. The number of amides is 1. The van der Waals surface area contributed by atoms with Gasteiger partial charge in [0.25, 0.3) is 0 Å². The third kappa shape index (κ3) is 5.69. The van der Waals surface area contributed by atoms with Crippen LogP contribution >= 0.6 is 11.6 Å². The lowest BCUT2D eigenvalue weighted by molar-refractivity contribution is -0.385. The summed E-state index contributed by atoms with van der Waals surface area (Å²) in [5.74, 6) is -1.83. The van der Waals surface area contributed by atoms with Crippen molar-refractivity contribution in [3.05, 3.63) is 33.3 Å². The van der Waals surface area contributed by atoms with Crippen molar-refractivity contribution in [1.82, 2.24) is 5.32 Å². The van der Waals surface area contributed by atoms with Crippen LogP contribution in [-0.2, 0) is 9.59 Å². The molecule has 132 valence electrons. The lowest BCUT2D eigenvalue weighted by Gasteiger charge is -2.20. The van der Waals surface area contributed by atoms with Crippen LogP contribution in [0.2, 0.25) is 5.02 Å². The van der Waals surface area contributed by atoms with Gasteiger partial charge < -0.3 is 15.2 Å². The highest BCUT2D eigenvalue weighted by Gasteiger charge is 2.25. The summed E-state index contributed by atoms with van der Waals surface area (Å²) < 4.78 is 5.24. The second kappa shape index (κ2) is 9.07. The molecule has 0 aliphatic rings. The van der Waals surface area contributed by atoms with Crippen LogP contribution in [0.4, 0.5) is 5.69 Å². The first-order valence-corrected chi connectivity index (χ1v) is 7.73. The van der Waals surface area contributed by atoms with Gasteiger partial charge in [-0.05, 0) is 18.1 Å². The van der Waals surface area contributed by atoms with Crippen LogP contribution in [0.5, 0.6) is 5.75 Å². The smallest absolute Gasteiger partial charge is 0.326 e. The minimum Gasteiger partial charge on any atom is -0.486 e. The van der Waals surface area contributed by atoms with Gasteiger partial charge >= 0.3 is 11.7 Å². The molecule has 2 atom stereocenters. The van der Waals surface area contributed by atoms with E-state index in [1.165, 1.54) is 12.1 Å². The number of carbonyl (C=O) groups is 2. The Hall–Kier alpha value is -2.35. The van der Waals surface area contributed by atoms with Gasteiger partial charge in [0, 0.05) is 11.1 Å². The first-order chi connectivity index (χ1) is 11.3. The van der Waals surface area contributed by atoms with Crippen LogP contribution < -0.4 is 10.1 Å². The van der Waals surface area contributed by atoms with Gasteiger partial charge in [0.1, 0.15) is 6.04 Å². The minimum absolute atomic E-state index is 0.00564. The minimum atomic E-state index is -1.10. The van der Waals surface area contributed by atoms with Gasteiger partial charge in [-0.3, -0.25) is 14.9 Å². The van der Waals surface area contributed by atoms with Gasteiger partial charge in [0.05, 0.1) is 18.0 Å². The second-order valence-corrected chi connectivity index (χ2v) is 5.67. The molecule has 0 unspecified atom stereocenters. The van der Waals surface area contributed by atoms with E-state index in [2.05, 4.69) is 5.32 Å². The highest BCUT2D eigenvalue weighted by atomic mass is 35.5. The topological polar surface area (TPSA) is 119 Å². The number of carboxylic acids is 1. The van der Waals surface area contributed by atoms with E-state index < -0.39 is 22.8 Å². The van der Waals surface area contributed by atoms with Gasteiger partial charge in [-0.25, -0.2) is 4.79 Å². The molecule has 1 amide bonds. The summed E-state index contributed by atoms with van der Waals surface area (Å²) in [7, 11) is 0. The van der Waals surface area contributed by atoms with Crippen LogP contribution in [0.25, 0.3) is 0 Å². The lowest BCUT2D eigenvalue weighted by atomic mass is 9.99. The number of rotatable bonds is 9. The van der Waals surface area contributed by atoms with Crippen molar-refractivity contribution in [3.8, 4) is 5.75 Å². The molecule has 24 heavy (non-hydrogen) atoms. The number of nitro groups is 1. The highest BCUT2D eigenvalue weighted by molar-refractivity contribution is 6.30. The number of nitrogens with zero attached hydrogens (tertiary/aromatic N) is 1. The van der Waals surface area contributed by atoms with E-state index in [4.69, 9.17) is 21.4 Å². The molecule has 0 aliphatic heterocycles. The van der Waals surface area contributed by atoms with Crippen LogP contribution in [0.1, 0.15) is 26.7 Å². The van der Waals surface area contributed by atoms with Gasteiger partial charge in [-0.1, -0.05) is 31.9 Å². The fourth-order valence-electron chi connectivity index (χ4n) is 1.94. The quantitative estimate of drug-likeness (QED) is 0.517. The fourth-order valence-corrected chi connectivity index (χ4v) is 2.10. The highest BCUT2D eigenvalue weighted by Crippen LogP contribution is 2.29. The molecule has 0 heterocycles. The van der Waals surface area contributed by atoms with E-state index >= 15 is 0 Å². The number of benzene rings is 1. The molecule has 0 saturated heterocycles. The molecule has 0 saturated carbocycles. The van der Waals surface area contributed by atoms with Gasteiger partial charge in [-0.2, -0.15) is 0 Å². The third-order valence-electron chi connectivity index (χ3n) is 3.50. The maximum atomic E-state index is 11.8. The molecule has 0 fully saturated rings. The standard InChI is InChI=1S/C15H19ClN2O6/c1-3-9(2)14(15(20)21)17-13(19)6-7-24-12-5-4-10(16)8-11(12)18(22)23/h4-5,8-9,14H,3,6-7H2,1-2H3,(H,17,19)(H,20,21)/t9-,14-/m0/s1. The summed E-state index contributed by atoms with van der Waals surface area (Å²) in [6.45, 7) is 3.43. The van der Waals surface area contributed by atoms with Crippen molar-refractivity contribution in [2.45, 2.75) is 32.7 Å². The number of aliphatic carboxylic acids is 1. The molecule has 0 spiro atoms. The number of halogens is 1. The van der Waals surface area contributed by atoms with E-state index in [0.717, 1.165) is 6.07 Å². The number of ether oxygens (including phenoxy) is 1. The Kier molecular flexibility index (Phi) is 7.44. The zero-order valence-corrected chi connectivity index (χ0v) is 14.1. The van der Waals surface area contributed by atoms with Crippen molar-refractivity contribution < 1.29 is 24.4 Å². The number of nitrogens with one attached hydrogen (secondary N) is 1. The van der Waals surface area contributed by atoms with Crippen molar-refractivity contribution in [1.29, 1.82) is 0 Å².